The molecule has 9 nitrogen and oxygen atoms in total. The number of aromatic nitrogens is 1. The van der Waals surface area contributed by atoms with Crippen molar-refractivity contribution in [2.24, 2.45) is 0 Å². The fraction of sp³-hybridized carbons (Fsp3) is 0.214. The molecule has 4 N–H and O–H groups in total. The molecule has 1 aliphatic heterocycles. The predicted octanol–water partition coefficient (Wildman–Crippen LogP) is 0.861. The molecule has 0 spiro atoms. The van der Waals surface area contributed by atoms with Crippen molar-refractivity contribution in [3.8, 4) is 0 Å². The molecule has 0 radical (unpaired) electrons. The van der Waals surface area contributed by atoms with Crippen LogP contribution < -0.4 is 15.4 Å². The smallest absolute Gasteiger partial charge is 0.262 e. The van der Waals surface area contributed by atoms with Gasteiger partial charge in [-0.2, -0.15) is 0 Å². The first-order valence-corrected chi connectivity index (χ1v) is 9.79. The zero-order valence-corrected chi connectivity index (χ0v) is 15.0. The Morgan fingerprint density at radius 1 is 1.46 bits per heavy atom. The van der Waals surface area contributed by atoms with Gasteiger partial charge in [0.1, 0.15) is 17.4 Å². The van der Waals surface area contributed by atoms with Gasteiger partial charge in [-0.1, -0.05) is 0 Å². The molecule has 2 heterocycles. The molecular weight excluding hydrogens is 383 g/mol. The molecule has 0 saturated carbocycles. The molecule has 1 amide bonds. The summed E-state index contributed by atoms with van der Waals surface area (Å²) in [6.07, 6.45) is 1.35. The van der Waals surface area contributed by atoms with E-state index in [0.29, 0.717) is 18.1 Å². The molecule has 12 heteroatoms. The molecule has 1 fully saturated rings. The molecule has 0 aliphatic carbocycles. The van der Waals surface area contributed by atoms with E-state index >= 15 is 0 Å². The number of halogens is 1. The van der Waals surface area contributed by atoms with Crippen molar-refractivity contribution in [2.75, 3.05) is 29.7 Å². The summed E-state index contributed by atoms with van der Waals surface area (Å²) in [5.74, 6) is -1.24. The number of amides is 1. The monoisotopic (exact) mass is 398 g/mol. The lowest BCUT2D eigenvalue weighted by Crippen LogP contribution is -2.36. The van der Waals surface area contributed by atoms with Crippen LogP contribution in [0.3, 0.4) is 0 Å². The van der Waals surface area contributed by atoms with Crippen molar-refractivity contribution in [1.29, 1.82) is 5.41 Å². The number of hydrogen-bond donors (Lipinski definition) is 4. The summed E-state index contributed by atoms with van der Waals surface area (Å²) >= 11 is 1.10. The molecule has 0 atom stereocenters. The van der Waals surface area contributed by atoms with Crippen molar-refractivity contribution in [1.82, 2.24) is 15.2 Å². The van der Waals surface area contributed by atoms with Gasteiger partial charge in [-0.3, -0.25) is 19.9 Å². The Morgan fingerprint density at radius 2 is 2.27 bits per heavy atom. The molecule has 1 saturated heterocycles. The molecule has 2 aromatic rings. The summed E-state index contributed by atoms with van der Waals surface area (Å²) in [5, 5.41) is 13.0. The van der Waals surface area contributed by atoms with E-state index in [0.717, 1.165) is 17.4 Å². The van der Waals surface area contributed by atoms with Gasteiger partial charge in [0.25, 0.3) is 10.0 Å². The van der Waals surface area contributed by atoms with Crippen molar-refractivity contribution in [2.45, 2.75) is 4.90 Å². The number of carbonyl (C=O) groups is 1. The van der Waals surface area contributed by atoms with E-state index in [1.165, 1.54) is 28.7 Å². The highest BCUT2D eigenvalue weighted by Crippen LogP contribution is 2.22. The predicted molar refractivity (Wildman–Crippen MR) is 95.3 cm³/mol. The number of carbonyl (C=O) groups excluding carboxylic acids is 1. The largest absolute Gasteiger partial charge is 0.355 e. The van der Waals surface area contributed by atoms with Crippen LogP contribution in [0, 0.1) is 11.2 Å². The van der Waals surface area contributed by atoms with Crippen LogP contribution in [-0.2, 0) is 14.8 Å². The van der Waals surface area contributed by atoms with Crippen LogP contribution in [-0.4, -0.2) is 49.8 Å². The number of guanidine groups is 1. The third kappa shape index (κ3) is 4.08. The third-order valence-electron chi connectivity index (χ3n) is 3.52. The topological polar surface area (TPSA) is 127 Å². The summed E-state index contributed by atoms with van der Waals surface area (Å²) in [6.45, 7) is 0.979. The lowest BCUT2D eigenvalue weighted by atomic mass is 10.3. The molecule has 3 rings (SSSR count). The van der Waals surface area contributed by atoms with E-state index in [2.05, 4.69) is 20.3 Å². The normalized spacial score (nSPS) is 14.2. The Bertz CT molecular complexity index is 932. The van der Waals surface area contributed by atoms with E-state index in [4.69, 9.17) is 5.41 Å². The van der Waals surface area contributed by atoms with E-state index in [1.807, 2.05) is 0 Å². The summed E-state index contributed by atoms with van der Waals surface area (Å²) in [7, 11) is -3.95. The first kappa shape index (κ1) is 18.1. The molecule has 1 aliphatic rings. The number of sulfonamides is 1. The molecule has 0 bridgehead atoms. The van der Waals surface area contributed by atoms with Crippen molar-refractivity contribution < 1.29 is 17.6 Å². The summed E-state index contributed by atoms with van der Waals surface area (Å²) in [5.41, 5.74) is 1.33. The fourth-order valence-electron chi connectivity index (χ4n) is 2.28. The highest BCUT2D eigenvalue weighted by Gasteiger charge is 2.21. The lowest BCUT2D eigenvalue weighted by molar-refractivity contribution is -0.116. The van der Waals surface area contributed by atoms with E-state index in [-0.39, 0.29) is 23.1 Å². The number of rotatable bonds is 6. The van der Waals surface area contributed by atoms with E-state index in [1.54, 1.807) is 0 Å². The van der Waals surface area contributed by atoms with Crippen molar-refractivity contribution in [3.05, 3.63) is 35.7 Å². The zero-order chi connectivity index (χ0) is 18.7. The molecule has 1 aromatic carbocycles. The Morgan fingerprint density at radius 3 is 2.88 bits per heavy atom. The average molecular weight is 398 g/mol. The second kappa shape index (κ2) is 7.25. The zero-order valence-electron chi connectivity index (χ0n) is 13.3. The highest BCUT2D eigenvalue weighted by molar-refractivity contribution is 7.93. The number of nitrogens with one attached hydrogen (secondary N) is 4. The molecule has 0 unspecified atom stereocenters. The number of thiazole rings is 1. The number of benzene rings is 1. The number of anilines is 2. The Hall–Kier alpha value is -2.73. The quantitative estimate of drug-likeness (QED) is 0.572. The minimum atomic E-state index is -3.95. The van der Waals surface area contributed by atoms with Gasteiger partial charge in [-0.25, -0.2) is 12.8 Å². The minimum Gasteiger partial charge on any atom is -0.355 e. The van der Waals surface area contributed by atoms with Gasteiger partial charge in [-0.15, -0.1) is 11.3 Å². The van der Waals surface area contributed by atoms with Crippen LogP contribution in [0.1, 0.15) is 0 Å². The highest BCUT2D eigenvalue weighted by atomic mass is 32.2. The van der Waals surface area contributed by atoms with Gasteiger partial charge in [0.2, 0.25) is 5.91 Å². The Kier molecular flexibility index (Phi) is 5.04. The molecule has 26 heavy (non-hydrogen) atoms. The number of nitrogens with zero attached hydrogens (tertiary/aromatic N) is 2. The van der Waals surface area contributed by atoms with E-state index < -0.39 is 21.7 Å². The van der Waals surface area contributed by atoms with Gasteiger partial charge >= 0.3 is 0 Å². The maximum absolute atomic E-state index is 14.2. The summed E-state index contributed by atoms with van der Waals surface area (Å²) in [6, 6.07) is 3.21. The van der Waals surface area contributed by atoms with Gasteiger partial charge in [-0.05, 0) is 18.2 Å². The Balaban J connectivity index is 1.69. The van der Waals surface area contributed by atoms with Crippen LogP contribution in [0.2, 0.25) is 0 Å². The van der Waals surface area contributed by atoms with Gasteiger partial charge in [0, 0.05) is 13.1 Å². The standard InChI is InChI=1S/C14H15FN6O3S2/c15-10-5-9(26(23,24)20-13-6-17-8-25-13)1-2-11(10)19-12(22)7-21-4-3-18-14(21)16/h1-2,5-6,8,20H,3-4,7H2,(H2,16,18)(H,19,22). The van der Waals surface area contributed by atoms with Gasteiger partial charge in [0.05, 0.1) is 22.3 Å². The van der Waals surface area contributed by atoms with Crippen LogP contribution in [0.25, 0.3) is 0 Å². The first-order valence-electron chi connectivity index (χ1n) is 7.43. The third-order valence-corrected chi connectivity index (χ3v) is 5.70. The second-order valence-corrected chi connectivity index (χ2v) is 7.93. The number of hydrogen-bond acceptors (Lipinski definition) is 6. The van der Waals surface area contributed by atoms with Crippen LogP contribution in [0.5, 0.6) is 0 Å². The Labute approximate surface area is 152 Å². The van der Waals surface area contributed by atoms with Gasteiger partial charge < -0.3 is 15.5 Å². The van der Waals surface area contributed by atoms with Crippen LogP contribution >= 0.6 is 11.3 Å². The summed E-state index contributed by atoms with van der Waals surface area (Å²) < 4.78 is 41.0. The average Bonchev–Trinajstić information content (AvgIpc) is 3.21. The van der Waals surface area contributed by atoms with Crippen LogP contribution in [0.15, 0.2) is 34.8 Å². The van der Waals surface area contributed by atoms with E-state index in [9.17, 15) is 17.6 Å². The molecule has 138 valence electrons. The second-order valence-electron chi connectivity index (χ2n) is 5.36. The van der Waals surface area contributed by atoms with Crippen molar-refractivity contribution >= 4 is 43.9 Å². The first-order chi connectivity index (χ1) is 12.3. The van der Waals surface area contributed by atoms with Crippen molar-refractivity contribution in [3.63, 3.8) is 0 Å². The van der Waals surface area contributed by atoms with Gasteiger partial charge in [0.15, 0.2) is 5.96 Å². The SMILES string of the molecule is N=C1NCCN1CC(=O)Nc1ccc(S(=O)(=O)Nc2cncs2)cc1F. The maximum atomic E-state index is 14.2. The molecular formula is C14H15FN6O3S2. The van der Waals surface area contributed by atoms with Crippen LogP contribution in [0.4, 0.5) is 15.1 Å². The summed E-state index contributed by atoms with van der Waals surface area (Å²) in [4.78, 5) is 17.0. The molecule has 1 aromatic heterocycles. The minimum absolute atomic E-state index is 0.0990. The fourth-order valence-corrected chi connectivity index (χ4v) is 4.10. The maximum Gasteiger partial charge on any atom is 0.262 e. The lowest BCUT2D eigenvalue weighted by Gasteiger charge is -2.16.